The SMILES string of the molecule is CCOC(COc1cc(-c2scnc2C)ccc1CNC=O)OCC.C[C-](C)C.O=CC1(F)CC1.O=[C-]N1CCC(O)C1.[CH3-].[Na+]. The maximum absolute atomic E-state index is 11.9. The summed E-state index contributed by atoms with van der Waals surface area (Å²) in [6.07, 6.45) is 3.63. The summed E-state index contributed by atoms with van der Waals surface area (Å²) in [5, 5.41) is 11.5. The van der Waals surface area contributed by atoms with Gasteiger partial charge in [-0.25, -0.2) is 9.37 Å². The molecule has 1 unspecified atom stereocenters. The van der Waals surface area contributed by atoms with E-state index in [-0.39, 0.29) is 49.7 Å². The van der Waals surface area contributed by atoms with Crippen LogP contribution >= 0.6 is 11.3 Å². The number of amides is 2. The molecule has 2 aliphatic rings. The van der Waals surface area contributed by atoms with E-state index in [4.69, 9.17) is 19.3 Å². The number of nitrogens with zero attached hydrogens (tertiary/aromatic N) is 2. The number of rotatable bonds is 13. The molecular weight excluding hydrogens is 612 g/mol. The smallest absolute Gasteiger partial charge is 0.520 e. The number of benzene rings is 1. The molecule has 45 heavy (non-hydrogen) atoms. The number of alkyl halides is 1. The van der Waals surface area contributed by atoms with Gasteiger partial charge in [0, 0.05) is 31.9 Å². The molecule has 2 aromatic rings. The van der Waals surface area contributed by atoms with E-state index in [1.54, 1.807) is 17.7 Å². The van der Waals surface area contributed by atoms with Gasteiger partial charge in [0.1, 0.15) is 12.4 Å². The van der Waals surface area contributed by atoms with Crippen LogP contribution in [0.4, 0.5) is 4.39 Å². The number of aliphatic hydroxyl groups is 1. The van der Waals surface area contributed by atoms with Gasteiger partial charge >= 0.3 is 29.6 Å². The van der Waals surface area contributed by atoms with Crippen LogP contribution in [0.3, 0.4) is 0 Å². The van der Waals surface area contributed by atoms with E-state index >= 15 is 0 Å². The Labute approximate surface area is 294 Å². The molecule has 1 aromatic heterocycles. The molecule has 13 heteroatoms. The maximum Gasteiger partial charge on any atom is 1.00 e. The average molecular weight is 662 g/mol. The van der Waals surface area contributed by atoms with E-state index < -0.39 is 12.0 Å². The third kappa shape index (κ3) is 19.4. The number of nitrogens with one attached hydrogen (secondary N) is 1. The number of aromatic nitrogens is 1. The van der Waals surface area contributed by atoms with Crippen LogP contribution in [0.1, 0.15) is 65.1 Å². The Hall–Kier alpha value is -1.93. The van der Waals surface area contributed by atoms with E-state index in [1.807, 2.05) is 44.5 Å². The number of aldehydes is 1. The van der Waals surface area contributed by atoms with Crippen molar-refractivity contribution in [3.63, 3.8) is 0 Å². The van der Waals surface area contributed by atoms with Crippen molar-refractivity contribution in [2.24, 2.45) is 0 Å². The van der Waals surface area contributed by atoms with Crippen LogP contribution in [0.5, 0.6) is 5.75 Å². The third-order valence-electron chi connectivity index (χ3n) is 5.76. The number of halogens is 1. The number of β-amino-alcohol motifs (C(OH)–C–C–N with tert-alkyl or cyclic N) is 1. The minimum atomic E-state index is -1.39. The monoisotopic (exact) mass is 661 g/mol. The van der Waals surface area contributed by atoms with Crippen molar-refractivity contribution in [3.05, 3.63) is 48.3 Å². The molecule has 0 spiro atoms. The van der Waals surface area contributed by atoms with Gasteiger partial charge in [-0.05, 0) is 58.2 Å². The molecule has 1 aliphatic heterocycles. The molecule has 250 valence electrons. The zero-order valence-corrected chi connectivity index (χ0v) is 30.9. The van der Waals surface area contributed by atoms with Gasteiger partial charge in [0.25, 0.3) is 0 Å². The van der Waals surface area contributed by atoms with Crippen molar-refractivity contribution in [1.29, 1.82) is 0 Å². The zero-order valence-electron chi connectivity index (χ0n) is 28.1. The molecule has 1 aromatic carbocycles. The molecule has 10 nitrogen and oxygen atoms in total. The predicted molar refractivity (Wildman–Crippen MR) is 171 cm³/mol. The Balaban J connectivity index is 0. The molecule has 1 atom stereocenters. The Morgan fingerprint density at radius 1 is 1.24 bits per heavy atom. The molecule has 2 fully saturated rings. The number of likely N-dealkylation sites (tertiary alicyclic amines) is 1. The van der Waals surface area contributed by atoms with Crippen molar-refractivity contribution < 1.29 is 67.6 Å². The summed E-state index contributed by atoms with van der Waals surface area (Å²) in [6.45, 7) is 15.0. The van der Waals surface area contributed by atoms with E-state index in [0.717, 1.165) is 21.7 Å². The maximum atomic E-state index is 11.9. The number of hydrogen-bond donors (Lipinski definition) is 2. The second kappa shape index (κ2) is 25.2. The molecule has 1 saturated carbocycles. The molecule has 1 aliphatic carbocycles. The minimum Gasteiger partial charge on any atom is -0.520 e. The molecule has 4 rings (SSSR count). The van der Waals surface area contributed by atoms with Crippen molar-refractivity contribution in [1.82, 2.24) is 15.2 Å². The Morgan fingerprint density at radius 3 is 2.24 bits per heavy atom. The summed E-state index contributed by atoms with van der Waals surface area (Å²) in [4.78, 5) is 36.8. The number of carbonyl (C=O) groups is 2. The molecule has 1 saturated heterocycles. The average Bonchev–Trinajstić information content (AvgIpc) is 3.34. The van der Waals surface area contributed by atoms with E-state index in [2.05, 4.69) is 31.1 Å². The number of aryl methyl sites for hydroxylation is 1. The van der Waals surface area contributed by atoms with Crippen LogP contribution in [0, 0.1) is 20.3 Å². The first-order valence-electron chi connectivity index (χ1n) is 14.3. The number of carbonyl (C=O) groups excluding carboxylic acids is 3. The van der Waals surface area contributed by atoms with Gasteiger partial charge in [0.15, 0.2) is 18.2 Å². The zero-order chi connectivity index (χ0) is 32.3. The molecule has 2 amide bonds. The van der Waals surface area contributed by atoms with E-state index in [1.165, 1.54) is 10.8 Å². The second-order valence-corrected chi connectivity index (χ2v) is 11.2. The molecule has 2 N–H and O–H groups in total. The number of thiazole rings is 1. The van der Waals surface area contributed by atoms with Crippen LogP contribution in [-0.4, -0.2) is 85.1 Å². The Bertz CT molecular complexity index is 1080. The van der Waals surface area contributed by atoms with Gasteiger partial charge in [-0.1, -0.05) is 12.1 Å². The van der Waals surface area contributed by atoms with Crippen LogP contribution in [0.2, 0.25) is 0 Å². The predicted octanol–water partition coefficient (Wildman–Crippen LogP) is 2.02. The van der Waals surface area contributed by atoms with E-state index in [0.29, 0.717) is 70.6 Å². The number of hydrogen-bond acceptors (Lipinski definition) is 9. The minimum absolute atomic E-state index is 0. The number of ether oxygens (including phenoxy) is 3. The molecule has 0 radical (unpaired) electrons. The van der Waals surface area contributed by atoms with E-state index in [9.17, 15) is 18.8 Å². The fraction of sp³-hybridized carbons (Fsp3) is 0.562. The topological polar surface area (TPSA) is 127 Å². The third-order valence-corrected chi connectivity index (χ3v) is 6.74. The van der Waals surface area contributed by atoms with Gasteiger partial charge in [0.2, 0.25) is 6.41 Å². The quantitative estimate of drug-likeness (QED) is 0.145. The normalized spacial score (nSPS) is 15.4. The van der Waals surface area contributed by atoms with Gasteiger partial charge < -0.3 is 47.7 Å². The summed E-state index contributed by atoms with van der Waals surface area (Å²) in [7, 11) is 0. The van der Waals surface area contributed by atoms with Crippen molar-refractivity contribution in [2.75, 3.05) is 32.9 Å². The van der Waals surface area contributed by atoms with Gasteiger partial charge in [-0.15, -0.1) is 11.3 Å². The number of aliphatic hydroxyl groups excluding tert-OH is 1. The Kier molecular flexibility index (Phi) is 25.3. The summed E-state index contributed by atoms with van der Waals surface area (Å²) in [5.41, 5.74) is 3.35. The molecule has 0 bridgehead atoms. The summed E-state index contributed by atoms with van der Waals surface area (Å²) < 4.78 is 28.9. The van der Waals surface area contributed by atoms with Crippen molar-refractivity contribution in [3.8, 4) is 16.2 Å². The van der Waals surface area contributed by atoms with Gasteiger partial charge in [0.05, 0.1) is 22.2 Å². The van der Waals surface area contributed by atoms with Crippen LogP contribution in [-0.2, 0) is 30.4 Å². The second-order valence-electron chi connectivity index (χ2n) is 10.4. The summed E-state index contributed by atoms with van der Waals surface area (Å²) >= 11 is 1.59. The fourth-order valence-electron chi connectivity index (χ4n) is 3.44. The fourth-order valence-corrected chi connectivity index (χ4v) is 4.25. The molecule has 2 heterocycles. The first-order valence-corrected chi connectivity index (χ1v) is 15.2. The largest absolute Gasteiger partial charge is 1.00 e. The van der Waals surface area contributed by atoms with Crippen LogP contribution in [0.15, 0.2) is 23.7 Å². The van der Waals surface area contributed by atoms with Crippen LogP contribution in [0.25, 0.3) is 10.4 Å². The summed E-state index contributed by atoms with van der Waals surface area (Å²) in [6, 6.07) is 5.94. The first-order chi connectivity index (χ1) is 20.5. The van der Waals surface area contributed by atoms with Crippen LogP contribution < -0.4 is 39.6 Å². The first kappa shape index (κ1) is 45.2. The molecular formula is C32H49FN3NaO7S-2. The van der Waals surface area contributed by atoms with Gasteiger partial charge in [-0.2, -0.15) is 27.2 Å². The summed E-state index contributed by atoms with van der Waals surface area (Å²) in [5.74, 6) is 2.11. The van der Waals surface area contributed by atoms with Crippen molar-refractivity contribution >= 4 is 30.4 Å². The van der Waals surface area contributed by atoms with Gasteiger partial charge in [-0.3, -0.25) is 9.59 Å². The van der Waals surface area contributed by atoms with Crippen molar-refractivity contribution in [2.45, 2.75) is 85.4 Å². The Morgan fingerprint density at radius 2 is 1.87 bits per heavy atom. The standard InChI is InChI=1S/C18H24N2O4S.C5H8NO2.C4H5FO.C4H9.CH3.Na/c1-4-22-17(23-5-2)10-24-16-8-14(18-13(3)20-12-25-18)6-7-15(16)9-19-11-21;7-4-6-2-1-5(8)3-6;5-4(3-6)1-2-4;1-4(2)3;;/h6-8,11-12,17H,4-5,9-10H2,1-3H3,(H,19,21);5,8H,1-3H2;3H,1-2H2;1-3H3;1H3;/q;-1;;2*-1;+1.